The number of nitrogens with one attached hydrogen (secondary N) is 1. The molecule has 2 aromatic rings. The monoisotopic (exact) mass is 331 g/mol. The number of methoxy groups -OCH3 is 1. The molecule has 1 unspecified atom stereocenters. The molecule has 2 aromatic heterocycles. The van der Waals surface area contributed by atoms with E-state index in [1.165, 1.54) is 18.4 Å². The van der Waals surface area contributed by atoms with E-state index in [0.29, 0.717) is 10.0 Å². The van der Waals surface area contributed by atoms with Gasteiger partial charge in [0.1, 0.15) is 0 Å². The van der Waals surface area contributed by atoms with E-state index < -0.39 is 5.97 Å². The minimum absolute atomic E-state index is 0.0499. The van der Waals surface area contributed by atoms with Crippen molar-refractivity contribution < 1.29 is 9.53 Å². The molecule has 2 heterocycles. The fraction of sp³-hybridized carbons (Fsp3) is 0.417. The highest BCUT2D eigenvalue weighted by Gasteiger charge is 2.19. The van der Waals surface area contributed by atoms with Gasteiger partial charge < -0.3 is 10.1 Å². The average Bonchev–Trinajstić information content (AvgIpc) is 2.91. The molecule has 20 heavy (non-hydrogen) atoms. The summed E-state index contributed by atoms with van der Waals surface area (Å²) in [6.45, 7) is 5.97. The third kappa shape index (κ3) is 3.11. The molecule has 0 aliphatic carbocycles. The maximum atomic E-state index is 11.5. The molecule has 0 aromatic carbocycles. The number of halogens is 1. The van der Waals surface area contributed by atoms with Crippen LogP contribution in [0.3, 0.4) is 0 Å². The number of anilines is 1. The molecule has 0 fully saturated rings. The first-order valence-corrected chi connectivity index (χ1v) is 7.88. The van der Waals surface area contributed by atoms with Crippen molar-refractivity contribution in [2.75, 3.05) is 12.4 Å². The quantitative estimate of drug-likeness (QED) is 0.862. The van der Waals surface area contributed by atoms with E-state index in [0.717, 1.165) is 15.6 Å². The van der Waals surface area contributed by atoms with Gasteiger partial charge in [-0.05, 0) is 20.8 Å². The van der Waals surface area contributed by atoms with Crippen molar-refractivity contribution in [3.63, 3.8) is 0 Å². The number of carbonyl (C=O) groups excluding carboxylic acids is 1. The molecule has 0 saturated heterocycles. The number of esters is 1. The molecule has 0 saturated carbocycles. The van der Waals surface area contributed by atoms with Crippen molar-refractivity contribution >= 4 is 45.4 Å². The summed E-state index contributed by atoms with van der Waals surface area (Å²) in [7, 11) is 1.32. The summed E-state index contributed by atoms with van der Waals surface area (Å²) in [5.74, 6) is -0.474. The Morgan fingerprint density at radius 2 is 2.05 bits per heavy atom. The maximum Gasteiger partial charge on any atom is 0.351 e. The molecular weight excluding hydrogens is 318 g/mol. The average molecular weight is 332 g/mol. The van der Waals surface area contributed by atoms with Crippen LogP contribution in [0.5, 0.6) is 0 Å². The number of hydrogen-bond donors (Lipinski definition) is 1. The standard InChI is InChI=1S/C12H14ClN3O2S2/c1-5-8(19-7(3)14-5)6(2)15-12-16-10(13)9(20-12)11(17)18-4/h6H,1-4H3,(H,15,16). The lowest BCUT2D eigenvalue weighted by atomic mass is 10.2. The highest BCUT2D eigenvalue weighted by molar-refractivity contribution is 7.18. The molecule has 0 radical (unpaired) electrons. The second-order valence-corrected chi connectivity index (χ2v) is 6.77. The summed E-state index contributed by atoms with van der Waals surface area (Å²) in [5.41, 5.74) is 1.00. The third-order valence-corrected chi connectivity index (χ3v) is 5.24. The van der Waals surface area contributed by atoms with Crippen LogP contribution in [0.15, 0.2) is 0 Å². The Bertz CT molecular complexity index is 639. The molecule has 1 N–H and O–H groups in total. The smallest absolute Gasteiger partial charge is 0.351 e. The molecule has 5 nitrogen and oxygen atoms in total. The lowest BCUT2D eigenvalue weighted by Gasteiger charge is -2.11. The minimum atomic E-state index is -0.474. The number of aromatic nitrogens is 2. The molecule has 0 aliphatic heterocycles. The van der Waals surface area contributed by atoms with Gasteiger partial charge in [-0.2, -0.15) is 0 Å². The van der Waals surface area contributed by atoms with Crippen molar-refractivity contribution in [2.45, 2.75) is 26.8 Å². The predicted octanol–water partition coefficient (Wildman–Crippen LogP) is 3.83. The molecule has 1 atom stereocenters. The number of ether oxygens (including phenoxy) is 1. The highest BCUT2D eigenvalue weighted by Crippen LogP contribution is 2.32. The molecular formula is C12H14ClN3O2S2. The number of thiazole rings is 2. The lowest BCUT2D eigenvalue weighted by Crippen LogP contribution is -2.05. The van der Waals surface area contributed by atoms with E-state index >= 15 is 0 Å². The van der Waals surface area contributed by atoms with Crippen LogP contribution in [0, 0.1) is 13.8 Å². The Kier molecular flexibility index (Phi) is 4.62. The Hall–Kier alpha value is -1.18. The maximum absolute atomic E-state index is 11.5. The van der Waals surface area contributed by atoms with E-state index in [2.05, 4.69) is 20.0 Å². The van der Waals surface area contributed by atoms with Crippen molar-refractivity contribution in [1.29, 1.82) is 0 Å². The van der Waals surface area contributed by atoms with Crippen molar-refractivity contribution in [2.24, 2.45) is 0 Å². The minimum Gasteiger partial charge on any atom is -0.465 e. The summed E-state index contributed by atoms with van der Waals surface area (Å²) in [5, 5.41) is 5.02. The van der Waals surface area contributed by atoms with E-state index in [9.17, 15) is 4.79 Å². The van der Waals surface area contributed by atoms with E-state index in [4.69, 9.17) is 11.6 Å². The van der Waals surface area contributed by atoms with Crippen LogP contribution in [0.2, 0.25) is 5.15 Å². The summed E-state index contributed by atoms with van der Waals surface area (Å²) < 4.78 is 4.65. The van der Waals surface area contributed by atoms with Crippen LogP contribution in [0.25, 0.3) is 0 Å². The predicted molar refractivity (Wildman–Crippen MR) is 82.1 cm³/mol. The summed E-state index contributed by atoms with van der Waals surface area (Å²) in [4.78, 5) is 21.5. The van der Waals surface area contributed by atoms with Crippen LogP contribution < -0.4 is 5.32 Å². The summed E-state index contributed by atoms with van der Waals surface area (Å²) in [6.07, 6.45) is 0. The normalized spacial score (nSPS) is 12.2. The zero-order valence-electron chi connectivity index (χ0n) is 11.5. The van der Waals surface area contributed by atoms with Gasteiger partial charge in [-0.15, -0.1) is 11.3 Å². The van der Waals surface area contributed by atoms with Gasteiger partial charge in [0.15, 0.2) is 15.2 Å². The van der Waals surface area contributed by atoms with Crippen LogP contribution >= 0.6 is 34.3 Å². The van der Waals surface area contributed by atoms with Gasteiger partial charge in [-0.3, -0.25) is 0 Å². The second kappa shape index (κ2) is 6.07. The Balaban J connectivity index is 2.18. The van der Waals surface area contributed by atoms with Gasteiger partial charge in [-0.1, -0.05) is 22.9 Å². The molecule has 8 heteroatoms. The third-order valence-electron chi connectivity index (χ3n) is 2.63. The van der Waals surface area contributed by atoms with Gasteiger partial charge in [0.05, 0.1) is 23.9 Å². The SMILES string of the molecule is COC(=O)c1sc(NC(C)c2sc(C)nc2C)nc1Cl. The summed E-state index contributed by atoms with van der Waals surface area (Å²) >= 11 is 8.76. The lowest BCUT2D eigenvalue weighted by molar-refractivity contribution is 0.0606. The number of carbonyl (C=O) groups is 1. The first-order chi connectivity index (χ1) is 9.42. The molecule has 2 rings (SSSR count). The molecule has 0 spiro atoms. The van der Waals surface area contributed by atoms with Gasteiger partial charge >= 0.3 is 5.97 Å². The summed E-state index contributed by atoms with van der Waals surface area (Å²) in [6, 6.07) is 0.0499. The number of aryl methyl sites for hydroxylation is 2. The topological polar surface area (TPSA) is 64.1 Å². The first kappa shape index (κ1) is 15.2. The Morgan fingerprint density at radius 1 is 1.35 bits per heavy atom. The van der Waals surface area contributed by atoms with E-state index in [-0.39, 0.29) is 11.2 Å². The van der Waals surface area contributed by atoms with Crippen molar-refractivity contribution in [1.82, 2.24) is 9.97 Å². The Labute approximate surface area is 130 Å². The highest BCUT2D eigenvalue weighted by atomic mass is 35.5. The first-order valence-electron chi connectivity index (χ1n) is 5.87. The van der Waals surface area contributed by atoms with Crippen LogP contribution in [-0.2, 0) is 4.74 Å². The van der Waals surface area contributed by atoms with E-state index in [1.807, 2.05) is 20.8 Å². The van der Waals surface area contributed by atoms with Gasteiger partial charge in [0.25, 0.3) is 0 Å². The molecule has 0 bridgehead atoms. The zero-order valence-corrected chi connectivity index (χ0v) is 13.9. The fourth-order valence-corrected chi connectivity index (χ4v) is 3.90. The van der Waals surface area contributed by atoms with Crippen molar-refractivity contribution in [3.8, 4) is 0 Å². The second-order valence-electron chi connectivity index (χ2n) is 4.18. The van der Waals surface area contributed by atoms with Gasteiger partial charge in [0.2, 0.25) is 0 Å². The van der Waals surface area contributed by atoms with Crippen LogP contribution in [-0.4, -0.2) is 23.0 Å². The van der Waals surface area contributed by atoms with E-state index in [1.54, 1.807) is 11.3 Å². The molecule has 0 aliphatic rings. The van der Waals surface area contributed by atoms with Gasteiger partial charge in [0, 0.05) is 4.88 Å². The van der Waals surface area contributed by atoms with Gasteiger partial charge in [-0.25, -0.2) is 14.8 Å². The fourth-order valence-electron chi connectivity index (χ4n) is 1.78. The molecule has 0 amide bonds. The zero-order chi connectivity index (χ0) is 14.9. The number of nitrogens with zero attached hydrogens (tertiary/aromatic N) is 2. The van der Waals surface area contributed by atoms with Crippen LogP contribution in [0.4, 0.5) is 5.13 Å². The Morgan fingerprint density at radius 3 is 2.60 bits per heavy atom. The largest absolute Gasteiger partial charge is 0.465 e. The number of hydrogen-bond acceptors (Lipinski definition) is 7. The van der Waals surface area contributed by atoms with Crippen LogP contribution in [0.1, 0.15) is 38.2 Å². The van der Waals surface area contributed by atoms with Crippen molar-refractivity contribution in [3.05, 3.63) is 25.6 Å². The number of rotatable bonds is 4. The molecule has 108 valence electrons.